The van der Waals surface area contributed by atoms with Crippen LogP contribution in [0.25, 0.3) is 0 Å². The van der Waals surface area contributed by atoms with Crippen LogP contribution in [0.2, 0.25) is 0 Å². The second-order valence-electron chi connectivity index (χ2n) is 4.63. The van der Waals surface area contributed by atoms with Gasteiger partial charge in [0.2, 0.25) is 0 Å². The molecule has 0 nitrogen and oxygen atoms in total. The summed E-state index contributed by atoms with van der Waals surface area (Å²) >= 11 is 5.95. The quantitative estimate of drug-likeness (QED) is 0.461. The molecule has 2 atom stereocenters. The zero-order valence-corrected chi connectivity index (χ0v) is 9.49. The molecule has 1 heteroatoms. The minimum absolute atomic E-state index is 0.310. The highest BCUT2D eigenvalue weighted by molar-refractivity contribution is 6.18. The smallest absolute Gasteiger partial charge is 0.0259 e. The van der Waals surface area contributed by atoms with Gasteiger partial charge < -0.3 is 0 Å². The fraction of sp³-hybridized carbons (Fsp3) is 0.818. The van der Waals surface area contributed by atoms with Gasteiger partial charge in [0.1, 0.15) is 0 Å². The van der Waals surface area contributed by atoms with Crippen molar-refractivity contribution in [3.05, 3.63) is 12.7 Å². The van der Waals surface area contributed by atoms with E-state index in [9.17, 15) is 0 Å². The first kappa shape index (κ1) is 12.0. The topological polar surface area (TPSA) is 0 Å². The van der Waals surface area contributed by atoms with Crippen molar-refractivity contribution in [1.29, 1.82) is 0 Å². The maximum Gasteiger partial charge on any atom is 0.0259 e. The van der Waals surface area contributed by atoms with E-state index >= 15 is 0 Å². The van der Waals surface area contributed by atoms with Crippen molar-refractivity contribution in [3.8, 4) is 0 Å². The summed E-state index contributed by atoms with van der Waals surface area (Å²) in [6.45, 7) is 12.8. The van der Waals surface area contributed by atoms with Crippen LogP contribution >= 0.6 is 11.6 Å². The summed E-state index contributed by atoms with van der Waals surface area (Å²) in [6.07, 6.45) is 3.05. The molecule has 0 aromatic rings. The van der Waals surface area contributed by atoms with E-state index < -0.39 is 0 Å². The van der Waals surface area contributed by atoms with Gasteiger partial charge in [0.15, 0.2) is 0 Å². The Balaban J connectivity index is 4.23. The van der Waals surface area contributed by atoms with E-state index in [1.807, 2.05) is 6.08 Å². The molecule has 12 heavy (non-hydrogen) atoms. The maximum absolute atomic E-state index is 5.95. The standard InChI is InChI=1S/C11H21Cl/c1-6-7-9(2)10(8-12)11(3,4)5/h6,9-10H,1,7-8H2,2-5H3. The molecule has 0 bridgehead atoms. The normalized spacial score (nSPS) is 17.1. The number of hydrogen-bond donors (Lipinski definition) is 0. The number of halogens is 1. The van der Waals surface area contributed by atoms with Crippen LogP contribution < -0.4 is 0 Å². The molecule has 2 unspecified atom stereocenters. The Labute approximate surface area is 82.0 Å². The van der Waals surface area contributed by atoms with Gasteiger partial charge in [-0.1, -0.05) is 33.8 Å². The molecule has 0 aromatic heterocycles. The molecule has 72 valence electrons. The van der Waals surface area contributed by atoms with Crippen molar-refractivity contribution < 1.29 is 0 Å². The van der Waals surface area contributed by atoms with Gasteiger partial charge in [0.05, 0.1) is 0 Å². The van der Waals surface area contributed by atoms with E-state index in [2.05, 4.69) is 34.3 Å². The fourth-order valence-corrected chi connectivity index (χ4v) is 2.43. The molecule has 0 fully saturated rings. The summed E-state index contributed by atoms with van der Waals surface area (Å²) in [4.78, 5) is 0. The van der Waals surface area contributed by atoms with Gasteiger partial charge in [-0.15, -0.1) is 18.2 Å². The van der Waals surface area contributed by atoms with Crippen molar-refractivity contribution in [3.63, 3.8) is 0 Å². The Hall–Kier alpha value is 0.0300. The van der Waals surface area contributed by atoms with Gasteiger partial charge in [0, 0.05) is 5.88 Å². The van der Waals surface area contributed by atoms with E-state index in [-0.39, 0.29) is 0 Å². The lowest BCUT2D eigenvalue weighted by atomic mass is 9.74. The Kier molecular flexibility index (Phi) is 4.92. The summed E-state index contributed by atoms with van der Waals surface area (Å²) in [6, 6.07) is 0. The molecule has 0 amide bonds. The minimum Gasteiger partial charge on any atom is -0.126 e. The fourth-order valence-electron chi connectivity index (χ4n) is 1.66. The lowest BCUT2D eigenvalue weighted by Crippen LogP contribution is -2.28. The monoisotopic (exact) mass is 188 g/mol. The second-order valence-corrected chi connectivity index (χ2v) is 4.94. The van der Waals surface area contributed by atoms with Crippen molar-refractivity contribution in [2.75, 3.05) is 5.88 Å². The van der Waals surface area contributed by atoms with E-state index in [1.165, 1.54) is 0 Å². The molecule has 0 saturated heterocycles. The number of allylic oxidation sites excluding steroid dienone is 1. The van der Waals surface area contributed by atoms with Gasteiger partial charge in [-0.3, -0.25) is 0 Å². The molecule has 0 N–H and O–H groups in total. The minimum atomic E-state index is 0.310. The van der Waals surface area contributed by atoms with Crippen molar-refractivity contribution in [1.82, 2.24) is 0 Å². The van der Waals surface area contributed by atoms with Gasteiger partial charge >= 0.3 is 0 Å². The van der Waals surface area contributed by atoms with E-state index in [0.717, 1.165) is 12.3 Å². The van der Waals surface area contributed by atoms with Crippen molar-refractivity contribution in [2.24, 2.45) is 17.3 Å². The summed E-state index contributed by atoms with van der Waals surface area (Å²) in [7, 11) is 0. The molecule has 0 aromatic carbocycles. The average molecular weight is 189 g/mol. The largest absolute Gasteiger partial charge is 0.126 e. The summed E-state index contributed by atoms with van der Waals surface area (Å²) in [5, 5.41) is 0. The van der Waals surface area contributed by atoms with Crippen LogP contribution in [0.4, 0.5) is 0 Å². The molecule has 0 saturated carbocycles. The van der Waals surface area contributed by atoms with Crippen LogP contribution in [0.15, 0.2) is 12.7 Å². The highest BCUT2D eigenvalue weighted by Crippen LogP contribution is 2.34. The summed E-state index contributed by atoms with van der Waals surface area (Å²) in [5.41, 5.74) is 0.310. The third kappa shape index (κ3) is 3.62. The van der Waals surface area contributed by atoms with Crippen molar-refractivity contribution >= 4 is 11.6 Å². The first-order valence-electron chi connectivity index (χ1n) is 4.60. The molecule has 0 radical (unpaired) electrons. The Bertz CT molecular complexity index is 132. The predicted molar refractivity (Wildman–Crippen MR) is 57.6 cm³/mol. The van der Waals surface area contributed by atoms with Crippen LogP contribution in [0, 0.1) is 17.3 Å². The third-order valence-corrected chi connectivity index (χ3v) is 2.84. The Morgan fingerprint density at radius 2 is 1.92 bits per heavy atom. The highest BCUT2D eigenvalue weighted by Gasteiger charge is 2.27. The molecule has 0 aliphatic rings. The van der Waals surface area contributed by atoms with Gasteiger partial charge in [0.25, 0.3) is 0 Å². The first-order valence-corrected chi connectivity index (χ1v) is 5.13. The van der Waals surface area contributed by atoms with Crippen LogP contribution in [0.3, 0.4) is 0 Å². The summed E-state index contributed by atoms with van der Waals surface area (Å²) in [5.74, 6) is 1.97. The van der Waals surface area contributed by atoms with Gasteiger partial charge in [-0.2, -0.15) is 0 Å². The first-order chi connectivity index (χ1) is 5.43. The molecular weight excluding hydrogens is 168 g/mol. The molecular formula is C11H21Cl. The molecule has 0 rings (SSSR count). The SMILES string of the molecule is C=CCC(C)C(CCl)C(C)(C)C. The predicted octanol–water partition coefficient (Wildman–Crippen LogP) is 4.10. The zero-order valence-electron chi connectivity index (χ0n) is 8.73. The van der Waals surface area contributed by atoms with Gasteiger partial charge in [-0.05, 0) is 23.7 Å². The number of alkyl halides is 1. The average Bonchev–Trinajstić information content (AvgIpc) is 1.85. The Morgan fingerprint density at radius 3 is 2.17 bits per heavy atom. The lowest BCUT2D eigenvalue weighted by Gasteiger charge is -2.33. The molecule has 0 aliphatic carbocycles. The van der Waals surface area contributed by atoms with E-state index in [0.29, 0.717) is 17.3 Å². The lowest BCUT2D eigenvalue weighted by molar-refractivity contribution is 0.192. The molecule has 0 heterocycles. The second kappa shape index (κ2) is 4.91. The Morgan fingerprint density at radius 1 is 1.42 bits per heavy atom. The molecule has 0 spiro atoms. The number of hydrogen-bond acceptors (Lipinski definition) is 0. The number of rotatable bonds is 4. The van der Waals surface area contributed by atoms with Crippen molar-refractivity contribution in [2.45, 2.75) is 34.1 Å². The van der Waals surface area contributed by atoms with E-state index in [4.69, 9.17) is 11.6 Å². The highest BCUT2D eigenvalue weighted by atomic mass is 35.5. The van der Waals surface area contributed by atoms with Gasteiger partial charge in [-0.25, -0.2) is 0 Å². The van der Waals surface area contributed by atoms with E-state index in [1.54, 1.807) is 0 Å². The van der Waals surface area contributed by atoms with Crippen LogP contribution in [-0.2, 0) is 0 Å². The summed E-state index contributed by atoms with van der Waals surface area (Å²) < 4.78 is 0. The van der Waals surface area contributed by atoms with Crippen LogP contribution in [0.5, 0.6) is 0 Å². The third-order valence-electron chi connectivity index (χ3n) is 2.50. The van der Waals surface area contributed by atoms with Crippen LogP contribution in [0.1, 0.15) is 34.1 Å². The zero-order chi connectivity index (χ0) is 9.78. The van der Waals surface area contributed by atoms with Crippen LogP contribution in [-0.4, -0.2) is 5.88 Å². The maximum atomic E-state index is 5.95. The molecule has 0 aliphatic heterocycles.